The summed E-state index contributed by atoms with van der Waals surface area (Å²) in [6.45, 7) is 4.72. The number of hydrogen-bond donors (Lipinski definition) is 1. The standard InChI is InChI=1S/C13H25N/c1-3-11-4-8-13(9-5-11)14-10(2)12-6-7-12/h10-14H,3-9H2,1-2H3. The Balaban J connectivity index is 1.67. The monoisotopic (exact) mass is 195 g/mol. The molecule has 14 heavy (non-hydrogen) atoms. The van der Waals surface area contributed by atoms with E-state index in [9.17, 15) is 0 Å². The van der Waals surface area contributed by atoms with E-state index >= 15 is 0 Å². The van der Waals surface area contributed by atoms with Crippen LogP contribution in [0, 0.1) is 11.8 Å². The van der Waals surface area contributed by atoms with E-state index in [2.05, 4.69) is 19.2 Å². The Bertz CT molecular complexity index is 166. The maximum Gasteiger partial charge on any atom is 0.00698 e. The van der Waals surface area contributed by atoms with Crippen molar-refractivity contribution < 1.29 is 0 Å². The van der Waals surface area contributed by atoms with Crippen LogP contribution in [0.5, 0.6) is 0 Å². The first-order valence-electron chi connectivity index (χ1n) is 6.55. The Hall–Kier alpha value is -0.0400. The first kappa shape index (κ1) is 10.5. The van der Waals surface area contributed by atoms with Crippen molar-refractivity contribution in [2.75, 3.05) is 0 Å². The predicted molar refractivity (Wildman–Crippen MR) is 61.4 cm³/mol. The molecule has 82 valence electrons. The first-order chi connectivity index (χ1) is 6.79. The second-order valence-corrected chi connectivity index (χ2v) is 5.42. The molecule has 0 aromatic carbocycles. The minimum atomic E-state index is 0.790. The molecule has 2 saturated carbocycles. The normalized spacial score (nSPS) is 35.6. The van der Waals surface area contributed by atoms with Crippen LogP contribution < -0.4 is 5.32 Å². The van der Waals surface area contributed by atoms with E-state index < -0.39 is 0 Å². The van der Waals surface area contributed by atoms with Gasteiger partial charge in [0.1, 0.15) is 0 Å². The molecular formula is C13H25N. The van der Waals surface area contributed by atoms with Gasteiger partial charge in [-0.05, 0) is 57.3 Å². The van der Waals surface area contributed by atoms with Gasteiger partial charge in [-0.3, -0.25) is 0 Å². The zero-order valence-electron chi connectivity index (χ0n) is 9.76. The summed E-state index contributed by atoms with van der Waals surface area (Å²) in [5.41, 5.74) is 0. The number of hydrogen-bond acceptors (Lipinski definition) is 1. The molecule has 0 bridgehead atoms. The summed E-state index contributed by atoms with van der Waals surface area (Å²) in [4.78, 5) is 0. The fourth-order valence-electron chi connectivity index (χ4n) is 2.84. The summed E-state index contributed by atoms with van der Waals surface area (Å²) in [5.74, 6) is 2.04. The average molecular weight is 195 g/mol. The number of rotatable bonds is 4. The fraction of sp³-hybridized carbons (Fsp3) is 1.00. The van der Waals surface area contributed by atoms with E-state index in [1.807, 2.05) is 0 Å². The van der Waals surface area contributed by atoms with Crippen molar-refractivity contribution >= 4 is 0 Å². The van der Waals surface area contributed by atoms with Crippen molar-refractivity contribution in [2.24, 2.45) is 11.8 Å². The lowest BCUT2D eigenvalue weighted by Gasteiger charge is -2.30. The van der Waals surface area contributed by atoms with Gasteiger partial charge in [0.2, 0.25) is 0 Å². The Morgan fingerprint density at radius 3 is 2.21 bits per heavy atom. The highest BCUT2D eigenvalue weighted by Gasteiger charge is 2.30. The van der Waals surface area contributed by atoms with E-state index in [-0.39, 0.29) is 0 Å². The molecule has 0 aliphatic heterocycles. The van der Waals surface area contributed by atoms with Crippen LogP contribution in [0.3, 0.4) is 0 Å². The molecule has 2 fully saturated rings. The van der Waals surface area contributed by atoms with Crippen molar-refractivity contribution in [1.29, 1.82) is 0 Å². The largest absolute Gasteiger partial charge is 0.311 e. The van der Waals surface area contributed by atoms with Gasteiger partial charge in [-0.15, -0.1) is 0 Å². The SMILES string of the molecule is CCC1CCC(NC(C)C2CC2)CC1. The van der Waals surface area contributed by atoms with Crippen LogP contribution in [-0.4, -0.2) is 12.1 Å². The summed E-state index contributed by atoms with van der Waals surface area (Å²) in [5, 5.41) is 3.83. The van der Waals surface area contributed by atoms with Gasteiger partial charge in [0, 0.05) is 12.1 Å². The van der Waals surface area contributed by atoms with Gasteiger partial charge in [-0.25, -0.2) is 0 Å². The van der Waals surface area contributed by atoms with Crippen molar-refractivity contribution in [2.45, 2.75) is 70.9 Å². The molecule has 2 aliphatic rings. The van der Waals surface area contributed by atoms with Crippen LogP contribution in [0.4, 0.5) is 0 Å². The molecule has 0 aromatic rings. The van der Waals surface area contributed by atoms with Gasteiger partial charge in [-0.1, -0.05) is 13.3 Å². The molecule has 0 amide bonds. The van der Waals surface area contributed by atoms with Crippen molar-refractivity contribution in [3.63, 3.8) is 0 Å². The molecule has 0 spiro atoms. The Kier molecular flexibility index (Phi) is 3.48. The van der Waals surface area contributed by atoms with Crippen LogP contribution in [0.15, 0.2) is 0 Å². The predicted octanol–water partition coefficient (Wildman–Crippen LogP) is 3.34. The highest BCUT2D eigenvalue weighted by atomic mass is 15.0. The second-order valence-electron chi connectivity index (χ2n) is 5.42. The fourth-order valence-corrected chi connectivity index (χ4v) is 2.84. The molecule has 0 aromatic heterocycles. The molecular weight excluding hydrogens is 170 g/mol. The lowest BCUT2D eigenvalue weighted by molar-refractivity contribution is 0.266. The van der Waals surface area contributed by atoms with Gasteiger partial charge < -0.3 is 5.32 Å². The Labute approximate surface area is 88.7 Å². The molecule has 0 saturated heterocycles. The van der Waals surface area contributed by atoms with Gasteiger partial charge in [0.25, 0.3) is 0 Å². The third-order valence-electron chi connectivity index (χ3n) is 4.25. The molecule has 1 heteroatoms. The third kappa shape index (κ3) is 2.73. The molecule has 1 N–H and O–H groups in total. The highest BCUT2D eigenvalue weighted by molar-refractivity contribution is 4.87. The minimum Gasteiger partial charge on any atom is -0.311 e. The van der Waals surface area contributed by atoms with Gasteiger partial charge in [0.15, 0.2) is 0 Å². The Morgan fingerprint density at radius 1 is 1.07 bits per heavy atom. The maximum atomic E-state index is 3.83. The summed E-state index contributed by atoms with van der Waals surface area (Å²) in [7, 11) is 0. The highest BCUT2D eigenvalue weighted by Crippen LogP contribution is 2.34. The van der Waals surface area contributed by atoms with Crippen LogP contribution in [0.25, 0.3) is 0 Å². The molecule has 0 heterocycles. The van der Waals surface area contributed by atoms with Gasteiger partial charge >= 0.3 is 0 Å². The summed E-state index contributed by atoms with van der Waals surface area (Å²) >= 11 is 0. The zero-order chi connectivity index (χ0) is 9.97. The van der Waals surface area contributed by atoms with Crippen LogP contribution in [0.2, 0.25) is 0 Å². The van der Waals surface area contributed by atoms with Crippen molar-refractivity contribution in [3.05, 3.63) is 0 Å². The molecule has 1 atom stereocenters. The maximum absolute atomic E-state index is 3.83. The molecule has 2 aliphatic carbocycles. The van der Waals surface area contributed by atoms with Crippen LogP contribution in [0.1, 0.15) is 58.8 Å². The minimum absolute atomic E-state index is 0.790. The van der Waals surface area contributed by atoms with Gasteiger partial charge in [0.05, 0.1) is 0 Å². The third-order valence-corrected chi connectivity index (χ3v) is 4.25. The van der Waals surface area contributed by atoms with Crippen molar-refractivity contribution in [3.8, 4) is 0 Å². The summed E-state index contributed by atoms with van der Waals surface area (Å²) in [6, 6.07) is 1.63. The Morgan fingerprint density at radius 2 is 1.71 bits per heavy atom. The van der Waals surface area contributed by atoms with E-state index in [0.29, 0.717) is 0 Å². The second kappa shape index (κ2) is 4.65. The topological polar surface area (TPSA) is 12.0 Å². The molecule has 1 unspecified atom stereocenters. The molecule has 1 nitrogen and oxygen atoms in total. The average Bonchev–Trinajstić information content (AvgIpc) is 3.02. The molecule has 2 rings (SSSR count). The van der Waals surface area contributed by atoms with E-state index in [4.69, 9.17) is 0 Å². The van der Waals surface area contributed by atoms with Gasteiger partial charge in [-0.2, -0.15) is 0 Å². The van der Waals surface area contributed by atoms with Crippen molar-refractivity contribution in [1.82, 2.24) is 5.32 Å². The lowest BCUT2D eigenvalue weighted by atomic mass is 9.84. The smallest absolute Gasteiger partial charge is 0.00698 e. The molecule has 0 radical (unpaired) electrons. The van der Waals surface area contributed by atoms with E-state index in [1.54, 1.807) is 0 Å². The lowest BCUT2D eigenvalue weighted by Crippen LogP contribution is -2.40. The summed E-state index contributed by atoms with van der Waals surface area (Å²) < 4.78 is 0. The first-order valence-corrected chi connectivity index (χ1v) is 6.55. The van der Waals surface area contributed by atoms with Crippen LogP contribution >= 0.6 is 0 Å². The van der Waals surface area contributed by atoms with E-state index in [1.165, 1.54) is 44.9 Å². The quantitative estimate of drug-likeness (QED) is 0.725. The van der Waals surface area contributed by atoms with Crippen LogP contribution in [-0.2, 0) is 0 Å². The zero-order valence-corrected chi connectivity index (χ0v) is 9.76. The number of nitrogens with one attached hydrogen (secondary N) is 1. The summed E-state index contributed by atoms with van der Waals surface area (Å²) in [6.07, 6.45) is 10.1. The van der Waals surface area contributed by atoms with E-state index in [0.717, 1.165) is 23.9 Å².